The topological polar surface area (TPSA) is 59.4 Å². The van der Waals surface area contributed by atoms with Gasteiger partial charge < -0.3 is 9.84 Å². The van der Waals surface area contributed by atoms with Gasteiger partial charge in [-0.05, 0) is 31.4 Å². The molecule has 0 spiro atoms. The SMILES string of the molecule is CCCCC(CC)COC(=O)c1ccncc1.CCO. The van der Waals surface area contributed by atoms with Crippen LogP contribution in [0.5, 0.6) is 0 Å². The summed E-state index contributed by atoms with van der Waals surface area (Å²) in [5.74, 6) is 0.239. The Morgan fingerprint density at radius 3 is 2.40 bits per heavy atom. The van der Waals surface area contributed by atoms with E-state index in [9.17, 15) is 4.79 Å². The van der Waals surface area contributed by atoms with Crippen LogP contribution in [0.1, 0.15) is 56.8 Å². The van der Waals surface area contributed by atoms with Gasteiger partial charge in [-0.15, -0.1) is 0 Å². The van der Waals surface area contributed by atoms with Crippen molar-refractivity contribution in [1.29, 1.82) is 0 Å². The molecule has 0 aromatic carbocycles. The summed E-state index contributed by atoms with van der Waals surface area (Å²) >= 11 is 0. The van der Waals surface area contributed by atoms with E-state index in [2.05, 4.69) is 18.8 Å². The summed E-state index contributed by atoms with van der Waals surface area (Å²) in [6.07, 6.45) is 7.79. The van der Waals surface area contributed by atoms with Gasteiger partial charge in [0.2, 0.25) is 0 Å². The second kappa shape index (κ2) is 12.6. The average Bonchev–Trinajstić information content (AvgIpc) is 2.49. The van der Waals surface area contributed by atoms with E-state index in [0.717, 1.165) is 12.8 Å². The molecule has 0 saturated carbocycles. The number of unbranched alkanes of at least 4 members (excludes halogenated alkanes) is 1. The van der Waals surface area contributed by atoms with Crippen LogP contribution in [-0.2, 0) is 4.74 Å². The molecular formula is C16H27NO3. The van der Waals surface area contributed by atoms with E-state index < -0.39 is 0 Å². The van der Waals surface area contributed by atoms with Crippen LogP contribution in [0.25, 0.3) is 0 Å². The Balaban J connectivity index is 0.00000110. The third-order valence-corrected chi connectivity index (χ3v) is 2.91. The molecule has 4 heteroatoms. The summed E-state index contributed by atoms with van der Waals surface area (Å²) in [4.78, 5) is 15.6. The first kappa shape index (κ1) is 18.6. The highest BCUT2D eigenvalue weighted by molar-refractivity contribution is 5.89. The fourth-order valence-corrected chi connectivity index (χ4v) is 1.66. The second-order valence-corrected chi connectivity index (χ2v) is 4.57. The number of aliphatic hydroxyl groups is 1. The van der Waals surface area contributed by atoms with Crippen molar-refractivity contribution in [2.45, 2.75) is 46.5 Å². The molecule has 4 nitrogen and oxygen atoms in total. The minimum Gasteiger partial charge on any atom is -0.462 e. The van der Waals surface area contributed by atoms with Crippen molar-refractivity contribution >= 4 is 5.97 Å². The Kier molecular flexibility index (Phi) is 11.7. The number of aliphatic hydroxyl groups excluding tert-OH is 1. The largest absolute Gasteiger partial charge is 0.462 e. The molecule has 1 atom stereocenters. The Labute approximate surface area is 122 Å². The van der Waals surface area contributed by atoms with Gasteiger partial charge in [-0.1, -0.05) is 33.1 Å². The Bertz CT molecular complexity index is 341. The number of rotatable bonds is 7. The molecule has 0 radical (unpaired) electrons. The molecule has 0 saturated heterocycles. The molecule has 1 rings (SSSR count). The number of nitrogens with zero attached hydrogens (tertiary/aromatic N) is 1. The third-order valence-electron chi connectivity index (χ3n) is 2.91. The van der Waals surface area contributed by atoms with Crippen LogP contribution < -0.4 is 0 Å². The van der Waals surface area contributed by atoms with E-state index in [4.69, 9.17) is 9.84 Å². The van der Waals surface area contributed by atoms with E-state index in [-0.39, 0.29) is 12.6 Å². The quantitative estimate of drug-likeness (QED) is 0.778. The zero-order valence-corrected chi connectivity index (χ0v) is 12.8. The predicted molar refractivity (Wildman–Crippen MR) is 80.6 cm³/mol. The fraction of sp³-hybridized carbons (Fsp3) is 0.625. The number of hydrogen-bond acceptors (Lipinski definition) is 4. The number of carbonyl (C=O) groups excluding carboxylic acids is 1. The molecule has 0 aliphatic carbocycles. The lowest BCUT2D eigenvalue weighted by molar-refractivity contribution is 0.0428. The van der Waals surface area contributed by atoms with Crippen LogP contribution in [0, 0.1) is 5.92 Å². The minimum absolute atomic E-state index is 0.248. The first-order valence-corrected chi connectivity index (χ1v) is 7.37. The summed E-state index contributed by atoms with van der Waals surface area (Å²) in [6, 6.07) is 3.35. The number of ether oxygens (including phenoxy) is 1. The summed E-state index contributed by atoms with van der Waals surface area (Å²) in [6.45, 7) is 6.77. The highest BCUT2D eigenvalue weighted by atomic mass is 16.5. The first-order valence-electron chi connectivity index (χ1n) is 7.37. The summed E-state index contributed by atoms with van der Waals surface area (Å²) < 4.78 is 5.31. The molecule has 0 aliphatic rings. The van der Waals surface area contributed by atoms with Gasteiger partial charge in [0.1, 0.15) is 0 Å². The van der Waals surface area contributed by atoms with E-state index >= 15 is 0 Å². The molecule has 1 unspecified atom stereocenters. The lowest BCUT2D eigenvalue weighted by atomic mass is 10.0. The second-order valence-electron chi connectivity index (χ2n) is 4.57. The lowest BCUT2D eigenvalue weighted by Gasteiger charge is -2.14. The van der Waals surface area contributed by atoms with Gasteiger partial charge >= 0.3 is 5.97 Å². The summed E-state index contributed by atoms with van der Waals surface area (Å²) in [5, 5.41) is 7.57. The molecule has 1 aromatic rings. The number of aromatic nitrogens is 1. The highest BCUT2D eigenvalue weighted by Gasteiger charge is 2.11. The zero-order valence-electron chi connectivity index (χ0n) is 12.8. The number of carbonyl (C=O) groups is 1. The molecule has 0 bridgehead atoms. The van der Waals surface area contributed by atoms with Crippen molar-refractivity contribution in [3.05, 3.63) is 30.1 Å². The Morgan fingerprint density at radius 1 is 1.30 bits per heavy atom. The van der Waals surface area contributed by atoms with Gasteiger partial charge in [0.15, 0.2) is 0 Å². The van der Waals surface area contributed by atoms with Crippen LogP contribution in [0.2, 0.25) is 0 Å². The van der Waals surface area contributed by atoms with E-state index in [1.54, 1.807) is 31.5 Å². The normalized spacial score (nSPS) is 11.2. The standard InChI is InChI=1S/C14H21NO2.C2H6O/c1-3-5-6-12(4-2)11-17-14(16)13-7-9-15-10-8-13;1-2-3/h7-10,12H,3-6,11H2,1-2H3;3H,2H2,1H3. The molecule has 114 valence electrons. The maximum absolute atomic E-state index is 11.7. The molecule has 1 N–H and O–H groups in total. The lowest BCUT2D eigenvalue weighted by Crippen LogP contribution is -2.14. The van der Waals surface area contributed by atoms with Gasteiger partial charge in [-0.3, -0.25) is 4.98 Å². The van der Waals surface area contributed by atoms with Crippen molar-refractivity contribution in [3.8, 4) is 0 Å². The summed E-state index contributed by atoms with van der Waals surface area (Å²) in [5.41, 5.74) is 0.574. The molecule has 0 aliphatic heterocycles. The number of esters is 1. The van der Waals surface area contributed by atoms with Gasteiger partial charge in [-0.25, -0.2) is 4.79 Å². The van der Waals surface area contributed by atoms with Crippen LogP contribution in [-0.4, -0.2) is 29.3 Å². The molecule has 20 heavy (non-hydrogen) atoms. The van der Waals surface area contributed by atoms with Crippen molar-refractivity contribution in [2.24, 2.45) is 5.92 Å². The Hall–Kier alpha value is -1.42. The maximum Gasteiger partial charge on any atom is 0.338 e. The highest BCUT2D eigenvalue weighted by Crippen LogP contribution is 2.13. The molecule has 1 heterocycles. The van der Waals surface area contributed by atoms with Crippen LogP contribution in [0.4, 0.5) is 0 Å². The van der Waals surface area contributed by atoms with Gasteiger partial charge in [-0.2, -0.15) is 0 Å². The third kappa shape index (κ3) is 8.64. The smallest absolute Gasteiger partial charge is 0.338 e. The Morgan fingerprint density at radius 2 is 1.90 bits per heavy atom. The van der Waals surface area contributed by atoms with Crippen molar-refractivity contribution in [1.82, 2.24) is 4.98 Å². The van der Waals surface area contributed by atoms with Crippen molar-refractivity contribution in [3.63, 3.8) is 0 Å². The van der Waals surface area contributed by atoms with Crippen molar-refractivity contribution in [2.75, 3.05) is 13.2 Å². The predicted octanol–water partition coefficient (Wildman–Crippen LogP) is 3.45. The fourth-order valence-electron chi connectivity index (χ4n) is 1.66. The molecule has 1 aromatic heterocycles. The van der Waals surface area contributed by atoms with Crippen LogP contribution >= 0.6 is 0 Å². The first-order chi connectivity index (χ1) is 9.69. The molecule has 0 fully saturated rings. The van der Waals surface area contributed by atoms with E-state index in [1.165, 1.54) is 12.8 Å². The average molecular weight is 281 g/mol. The molecule has 0 amide bonds. The maximum atomic E-state index is 11.7. The monoisotopic (exact) mass is 281 g/mol. The number of pyridine rings is 1. The zero-order chi connectivity index (χ0) is 15.2. The van der Waals surface area contributed by atoms with Crippen LogP contribution in [0.15, 0.2) is 24.5 Å². The van der Waals surface area contributed by atoms with E-state index in [0.29, 0.717) is 18.1 Å². The number of hydrogen-bond donors (Lipinski definition) is 1. The van der Waals surface area contributed by atoms with Gasteiger partial charge in [0, 0.05) is 19.0 Å². The molecular weight excluding hydrogens is 254 g/mol. The van der Waals surface area contributed by atoms with Crippen molar-refractivity contribution < 1.29 is 14.6 Å². The van der Waals surface area contributed by atoms with Gasteiger partial charge in [0.25, 0.3) is 0 Å². The van der Waals surface area contributed by atoms with E-state index in [1.807, 2.05) is 0 Å². The minimum atomic E-state index is -0.248. The summed E-state index contributed by atoms with van der Waals surface area (Å²) in [7, 11) is 0. The van der Waals surface area contributed by atoms with Gasteiger partial charge in [0.05, 0.1) is 12.2 Å². The van der Waals surface area contributed by atoms with Crippen LogP contribution in [0.3, 0.4) is 0 Å².